The first-order valence-corrected chi connectivity index (χ1v) is 7.13. The van der Waals surface area contributed by atoms with Crippen LogP contribution in [0, 0.1) is 0 Å². The van der Waals surface area contributed by atoms with E-state index in [0.29, 0.717) is 25.2 Å². The summed E-state index contributed by atoms with van der Waals surface area (Å²) < 4.78 is 44.0. The van der Waals surface area contributed by atoms with Gasteiger partial charge in [0, 0.05) is 18.8 Å². The van der Waals surface area contributed by atoms with E-state index >= 15 is 0 Å². The van der Waals surface area contributed by atoms with Crippen molar-refractivity contribution in [3.8, 4) is 5.75 Å². The molecule has 126 valence electrons. The van der Waals surface area contributed by atoms with Crippen molar-refractivity contribution in [3.63, 3.8) is 0 Å². The van der Waals surface area contributed by atoms with Crippen LogP contribution in [0.5, 0.6) is 5.75 Å². The zero-order chi connectivity index (χ0) is 17.3. The van der Waals surface area contributed by atoms with Crippen molar-refractivity contribution < 1.29 is 22.7 Å². The van der Waals surface area contributed by atoms with E-state index in [4.69, 9.17) is 4.74 Å². The van der Waals surface area contributed by atoms with E-state index in [1.807, 2.05) is 6.92 Å². The zero-order valence-electron chi connectivity index (χ0n) is 13.0. The highest BCUT2D eigenvalue weighted by Crippen LogP contribution is 2.38. The molecule has 0 radical (unpaired) electrons. The number of alkyl halides is 3. The van der Waals surface area contributed by atoms with Gasteiger partial charge in [0.15, 0.2) is 0 Å². The van der Waals surface area contributed by atoms with Crippen LogP contribution in [0.15, 0.2) is 30.9 Å². The van der Waals surface area contributed by atoms with Crippen molar-refractivity contribution in [2.75, 3.05) is 25.5 Å². The molecule has 4 nitrogen and oxygen atoms in total. The van der Waals surface area contributed by atoms with Crippen LogP contribution in [-0.2, 0) is 11.0 Å². The Morgan fingerprint density at radius 1 is 1.48 bits per heavy atom. The second-order valence-electron chi connectivity index (χ2n) is 5.81. The van der Waals surface area contributed by atoms with Crippen LogP contribution in [-0.4, -0.2) is 36.5 Å². The molecule has 1 aromatic carbocycles. The second kappa shape index (κ2) is 6.14. The van der Waals surface area contributed by atoms with Crippen molar-refractivity contribution in [3.05, 3.63) is 36.4 Å². The number of amides is 1. The molecule has 1 saturated heterocycles. The van der Waals surface area contributed by atoms with Crippen LogP contribution in [0.3, 0.4) is 0 Å². The first kappa shape index (κ1) is 17.2. The molecule has 1 atom stereocenters. The van der Waals surface area contributed by atoms with Gasteiger partial charge in [-0.05, 0) is 37.6 Å². The summed E-state index contributed by atoms with van der Waals surface area (Å²) in [5, 5.41) is 3.11. The van der Waals surface area contributed by atoms with Gasteiger partial charge >= 0.3 is 6.18 Å². The minimum Gasteiger partial charge on any atom is -0.496 e. The van der Waals surface area contributed by atoms with Crippen LogP contribution in [0.2, 0.25) is 0 Å². The third-order valence-corrected chi connectivity index (χ3v) is 3.91. The Hall–Kier alpha value is -2.18. The molecule has 1 unspecified atom stereocenters. The molecule has 1 amide bonds. The SMILES string of the molecule is C=CC(=O)N1CCC(C)(Nc2ccc(OC)c(C(F)(F)F)c2)C1. The lowest BCUT2D eigenvalue weighted by atomic mass is 10.0. The lowest BCUT2D eigenvalue weighted by Crippen LogP contribution is -2.39. The van der Waals surface area contributed by atoms with Gasteiger partial charge in [0.25, 0.3) is 0 Å². The molecule has 7 heteroatoms. The van der Waals surface area contributed by atoms with Crippen LogP contribution in [0.1, 0.15) is 18.9 Å². The highest BCUT2D eigenvalue weighted by molar-refractivity contribution is 5.87. The van der Waals surface area contributed by atoms with Gasteiger partial charge in [-0.1, -0.05) is 6.58 Å². The van der Waals surface area contributed by atoms with Gasteiger partial charge in [0.1, 0.15) is 5.75 Å². The standard InChI is InChI=1S/C16H19F3N2O2/c1-4-14(22)21-8-7-15(2,10-21)20-11-5-6-13(23-3)12(9-11)16(17,18)19/h4-6,9,20H,1,7-8,10H2,2-3H3. The van der Waals surface area contributed by atoms with Crippen molar-refractivity contribution in [1.82, 2.24) is 4.90 Å². The predicted octanol–water partition coefficient (Wildman–Crippen LogP) is 3.30. The molecular formula is C16H19F3N2O2. The number of carbonyl (C=O) groups is 1. The fraction of sp³-hybridized carbons (Fsp3) is 0.438. The highest BCUT2D eigenvalue weighted by atomic mass is 19.4. The van der Waals surface area contributed by atoms with Gasteiger partial charge in [0.05, 0.1) is 18.2 Å². The summed E-state index contributed by atoms with van der Waals surface area (Å²) in [6.45, 7) is 6.27. The Bertz CT molecular complexity index is 616. The van der Waals surface area contributed by atoms with E-state index in [1.54, 1.807) is 4.90 Å². The molecule has 1 heterocycles. The second-order valence-corrected chi connectivity index (χ2v) is 5.81. The molecule has 1 aliphatic rings. The number of carbonyl (C=O) groups excluding carboxylic acids is 1. The van der Waals surface area contributed by atoms with E-state index in [0.717, 1.165) is 6.07 Å². The zero-order valence-corrected chi connectivity index (χ0v) is 13.0. The molecule has 1 aliphatic heterocycles. The first-order valence-electron chi connectivity index (χ1n) is 7.13. The minimum atomic E-state index is -4.50. The number of hydrogen-bond acceptors (Lipinski definition) is 3. The van der Waals surface area contributed by atoms with E-state index < -0.39 is 17.3 Å². The molecule has 0 bridgehead atoms. The summed E-state index contributed by atoms with van der Waals surface area (Å²) in [6, 6.07) is 3.86. The molecule has 0 aromatic heterocycles. The van der Waals surface area contributed by atoms with E-state index in [9.17, 15) is 18.0 Å². The summed E-state index contributed by atoms with van der Waals surface area (Å²) in [5.41, 5.74) is -0.977. The number of anilines is 1. The predicted molar refractivity (Wildman–Crippen MR) is 81.4 cm³/mol. The minimum absolute atomic E-state index is 0.179. The number of hydrogen-bond donors (Lipinski definition) is 1. The summed E-state index contributed by atoms with van der Waals surface area (Å²) in [7, 11) is 1.20. The van der Waals surface area contributed by atoms with Gasteiger partial charge < -0.3 is 15.0 Å². The number of methoxy groups -OCH3 is 1. The lowest BCUT2D eigenvalue weighted by molar-refractivity contribution is -0.138. The largest absolute Gasteiger partial charge is 0.496 e. The number of halogens is 3. The molecule has 1 aromatic rings. The normalized spacial score (nSPS) is 21.2. The quantitative estimate of drug-likeness (QED) is 0.862. The van der Waals surface area contributed by atoms with Crippen LogP contribution in [0.25, 0.3) is 0 Å². The maximum atomic E-state index is 13.1. The van der Waals surface area contributed by atoms with Crippen molar-refractivity contribution in [2.45, 2.75) is 25.1 Å². The summed E-state index contributed by atoms with van der Waals surface area (Å²) in [5.74, 6) is -0.399. The Labute approximate surface area is 132 Å². The maximum absolute atomic E-state index is 13.1. The van der Waals surface area contributed by atoms with Crippen LogP contribution < -0.4 is 10.1 Å². The molecule has 0 saturated carbocycles. The Morgan fingerprint density at radius 2 is 2.17 bits per heavy atom. The first-order chi connectivity index (χ1) is 10.7. The van der Waals surface area contributed by atoms with E-state index in [2.05, 4.69) is 11.9 Å². The third-order valence-electron chi connectivity index (χ3n) is 3.91. The van der Waals surface area contributed by atoms with Crippen molar-refractivity contribution >= 4 is 11.6 Å². The summed E-state index contributed by atoms with van der Waals surface area (Å²) in [4.78, 5) is 13.3. The molecule has 0 aliphatic carbocycles. The highest BCUT2D eigenvalue weighted by Gasteiger charge is 2.37. The number of likely N-dealkylation sites (tertiary alicyclic amines) is 1. The van der Waals surface area contributed by atoms with Crippen molar-refractivity contribution in [2.24, 2.45) is 0 Å². The Balaban J connectivity index is 2.21. The van der Waals surface area contributed by atoms with E-state index in [1.165, 1.54) is 25.3 Å². The van der Waals surface area contributed by atoms with Gasteiger partial charge in [-0.15, -0.1) is 0 Å². The monoisotopic (exact) mass is 328 g/mol. The lowest BCUT2D eigenvalue weighted by Gasteiger charge is -2.28. The average Bonchev–Trinajstić information content (AvgIpc) is 2.87. The molecule has 1 N–H and O–H groups in total. The summed E-state index contributed by atoms with van der Waals surface area (Å²) >= 11 is 0. The van der Waals surface area contributed by atoms with Gasteiger partial charge in [0.2, 0.25) is 5.91 Å². The third kappa shape index (κ3) is 3.78. The molecule has 1 fully saturated rings. The number of rotatable bonds is 4. The van der Waals surface area contributed by atoms with E-state index in [-0.39, 0.29) is 11.7 Å². The molecule has 23 heavy (non-hydrogen) atoms. The van der Waals surface area contributed by atoms with Gasteiger partial charge in [-0.2, -0.15) is 13.2 Å². The number of benzene rings is 1. The van der Waals surface area contributed by atoms with Gasteiger partial charge in [-0.25, -0.2) is 0 Å². The number of nitrogens with zero attached hydrogens (tertiary/aromatic N) is 1. The Morgan fingerprint density at radius 3 is 2.74 bits per heavy atom. The van der Waals surface area contributed by atoms with Crippen LogP contribution in [0.4, 0.5) is 18.9 Å². The fourth-order valence-electron chi connectivity index (χ4n) is 2.74. The smallest absolute Gasteiger partial charge is 0.420 e. The molecular weight excluding hydrogens is 309 g/mol. The van der Waals surface area contributed by atoms with Crippen molar-refractivity contribution in [1.29, 1.82) is 0 Å². The van der Waals surface area contributed by atoms with Gasteiger partial charge in [-0.3, -0.25) is 4.79 Å². The summed E-state index contributed by atoms with van der Waals surface area (Å²) in [6.07, 6.45) is -2.62. The number of ether oxygens (including phenoxy) is 1. The fourth-order valence-corrected chi connectivity index (χ4v) is 2.74. The molecule has 2 rings (SSSR count). The topological polar surface area (TPSA) is 41.6 Å². The maximum Gasteiger partial charge on any atom is 0.420 e. The number of nitrogens with one attached hydrogen (secondary N) is 1. The molecule has 0 spiro atoms. The average molecular weight is 328 g/mol. The van der Waals surface area contributed by atoms with Crippen LogP contribution >= 0.6 is 0 Å². The Kier molecular flexibility index (Phi) is 4.58.